The van der Waals surface area contributed by atoms with Gasteiger partial charge in [0.25, 0.3) is 0 Å². The number of furan rings is 1. The number of nitrogens with zero attached hydrogens (tertiary/aromatic N) is 1. The summed E-state index contributed by atoms with van der Waals surface area (Å²) >= 11 is 11.9. The number of benzene rings is 2. The number of carbonyl (C=O) groups is 2. The maximum absolute atomic E-state index is 11.0. The van der Waals surface area contributed by atoms with Crippen molar-refractivity contribution in [3.05, 3.63) is 68.9 Å². The van der Waals surface area contributed by atoms with Crippen molar-refractivity contribution in [1.82, 2.24) is 4.90 Å². The molecule has 0 saturated heterocycles. The summed E-state index contributed by atoms with van der Waals surface area (Å²) in [6, 6.07) is 9.72. The highest BCUT2D eigenvalue weighted by molar-refractivity contribution is 6.39. The van der Waals surface area contributed by atoms with Crippen LogP contribution in [0.4, 0.5) is 0 Å². The molecule has 3 aromatic rings. The van der Waals surface area contributed by atoms with Crippen molar-refractivity contribution in [2.45, 2.75) is 19.9 Å². The Bertz CT molecular complexity index is 1010. The monoisotopic (exact) mass is 405 g/mol. The Hall–Kier alpha value is -2.50. The second kappa shape index (κ2) is 8.03. The van der Waals surface area contributed by atoms with Crippen molar-refractivity contribution in [2.24, 2.45) is 0 Å². The van der Waals surface area contributed by atoms with Crippen LogP contribution in [0.1, 0.15) is 27.0 Å². The number of fused-ring (bicyclic) bond motifs is 2. The molecular weight excluding hydrogens is 389 g/mol. The number of aryl methyl sites for hydroxylation is 1. The van der Waals surface area contributed by atoms with Gasteiger partial charge < -0.3 is 14.4 Å². The van der Waals surface area contributed by atoms with Gasteiger partial charge in [-0.3, -0.25) is 4.79 Å². The highest BCUT2D eigenvalue weighted by Crippen LogP contribution is 2.34. The summed E-state index contributed by atoms with van der Waals surface area (Å²) in [7, 11) is 0. The van der Waals surface area contributed by atoms with Gasteiger partial charge in [0.05, 0.1) is 21.9 Å². The van der Waals surface area contributed by atoms with Crippen LogP contribution >= 0.6 is 23.2 Å². The lowest BCUT2D eigenvalue weighted by molar-refractivity contribution is -0.118. The average molecular weight is 406 g/mol. The molecule has 2 heterocycles. The van der Waals surface area contributed by atoms with Crippen molar-refractivity contribution in [3.63, 3.8) is 0 Å². The minimum atomic E-state index is -1.14. The molecule has 1 amide bonds. The molecule has 0 fully saturated rings. The zero-order valence-electron chi connectivity index (χ0n) is 14.5. The molecule has 7 heteroatoms. The predicted octanol–water partition coefficient (Wildman–Crippen LogP) is 4.95. The number of hydrogen-bond donors (Lipinski definition) is 1. The third-order valence-corrected chi connectivity index (χ3v) is 5.12. The molecule has 27 heavy (non-hydrogen) atoms. The Labute approximate surface area is 166 Å². The molecule has 2 aromatic carbocycles. The lowest BCUT2D eigenvalue weighted by Crippen LogP contribution is -2.29. The fourth-order valence-electron chi connectivity index (χ4n) is 3.02. The third kappa shape index (κ3) is 4.10. The van der Waals surface area contributed by atoms with E-state index < -0.39 is 5.97 Å². The second-order valence-electron chi connectivity index (χ2n) is 6.28. The molecular formula is C20H17Cl2NO4. The fraction of sp³-hybridized carbons (Fsp3) is 0.200. The molecule has 0 atom stereocenters. The van der Waals surface area contributed by atoms with E-state index in [9.17, 15) is 9.59 Å². The largest absolute Gasteiger partial charge is 0.478 e. The van der Waals surface area contributed by atoms with E-state index in [1.807, 2.05) is 12.1 Å². The number of aromatic carboxylic acids is 1. The predicted molar refractivity (Wildman–Crippen MR) is 105 cm³/mol. The Kier molecular flexibility index (Phi) is 5.73. The normalized spacial score (nSPS) is 12.9. The van der Waals surface area contributed by atoms with E-state index in [2.05, 4.69) is 19.1 Å². The zero-order chi connectivity index (χ0) is 19.6. The molecule has 0 aliphatic carbocycles. The van der Waals surface area contributed by atoms with E-state index in [0.717, 1.165) is 23.1 Å². The van der Waals surface area contributed by atoms with Crippen LogP contribution in [0.5, 0.6) is 0 Å². The van der Waals surface area contributed by atoms with E-state index in [4.69, 9.17) is 32.7 Å². The van der Waals surface area contributed by atoms with Crippen LogP contribution in [-0.4, -0.2) is 28.9 Å². The lowest BCUT2D eigenvalue weighted by atomic mass is 9.97. The Morgan fingerprint density at radius 1 is 1.26 bits per heavy atom. The molecule has 0 unspecified atom stereocenters. The molecule has 140 valence electrons. The Morgan fingerprint density at radius 2 is 2.04 bits per heavy atom. The number of carboxylic acid groups (broad SMARTS) is 1. The van der Waals surface area contributed by atoms with Gasteiger partial charge in [0.2, 0.25) is 6.41 Å². The molecule has 0 bridgehead atoms. The van der Waals surface area contributed by atoms with E-state index in [-0.39, 0.29) is 15.6 Å². The second-order valence-corrected chi connectivity index (χ2v) is 7.06. The van der Waals surface area contributed by atoms with Crippen LogP contribution < -0.4 is 0 Å². The topological polar surface area (TPSA) is 70.8 Å². The van der Waals surface area contributed by atoms with Gasteiger partial charge in [-0.05, 0) is 48.2 Å². The molecule has 0 radical (unpaired) electrons. The van der Waals surface area contributed by atoms with Crippen LogP contribution in [-0.2, 0) is 17.8 Å². The average Bonchev–Trinajstić information content (AvgIpc) is 3.09. The fourth-order valence-corrected chi connectivity index (χ4v) is 3.78. The first-order valence-corrected chi connectivity index (χ1v) is 9.02. The molecule has 1 N–H and O–H groups in total. The van der Waals surface area contributed by atoms with Gasteiger partial charge in [-0.1, -0.05) is 35.3 Å². The van der Waals surface area contributed by atoms with Gasteiger partial charge >= 0.3 is 5.97 Å². The van der Waals surface area contributed by atoms with Crippen molar-refractivity contribution >= 4 is 46.6 Å². The number of amides is 1. The lowest BCUT2D eigenvalue weighted by Gasteiger charge is -2.26. The smallest absolute Gasteiger partial charge is 0.338 e. The van der Waals surface area contributed by atoms with E-state index >= 15 is 0 Å². The molecule has 1 aliphatic rings. The molecule has 1 aromatic heterocycles. The van der Waals surface area contributed by atoms with Crippen LogP contribution in [0.3, 0.4) is 0 Å². The number of halogens is 2. The van der Waals surface area contributed by atoms with Gasteiger partial charge in [0.1, 0.15) is 5.58 Å². The summed E-state index contributed by atoms with van der Waals surface area (Å²) in [6.07, 6.45) is 3.02. The number of carbonyl (C=O) groups excluding carboxylic acids is 1. The summed E-state index contributed by atoms with van der Waals surface area (Å²) in [6.45, 7) is 3.01. The maximum atomic E-state index is 11.0. The van der Waals surface area contributed by atoms with Gasteiger partial charge in [-0.2, -0.15) is 0 Å². The SMILES string of the molecule is Cc1ccc2ccoc2c1.O=CN1CCc2c(cc(Cl)c(C(=O)O)c2Cl)C1. The van der Waals surface area contributed by atoms with E-state index in [0.29, 0.717) is 19.5 Å². The summed E-state index contributed by atoms with van der Waals surface area (Å²) in [5.41, 5.74) is 3.73. The summed E-state index contributed by atoms with van der Waals surface area (Å²) in [5, 5.41) is 10.5. The van der Waals surface area contributed by atoms with Crippen LogP contribution in [0.25, 0.3) is 11.0 Å². The Morgan fingerprint density at radius 3 is 2.74 bits per heavy atom. The molecule has 0 spiro atoms. The van der Waals surface area contributed by atoms with E-state index in [1.54, 1.807) is 17.2 Å². The number of hydrogen-bond acceptors (Lipinski definition) is 3. The van der Waals surface area contributed by atoms with E-state index in [1.165, 1.54) is 10.9 Å². The van der Waals surface area contributed by atoms with Crippen molar-refractivity contribution < 1.29 is 19.1 Å². The molecule has 1 aliphatic heterocycles. The molecule has 5 nitrogen and oxygen atoms in total. The minimum Gasteiger partial charge on any atom is -0.478 e. The summed E-state index contributed by atoms with van der Waals surface area (Å²) in [4.78, 5) is 23.3. The standard InChI is InChI=1S/C11H9Cl2NO3.C9H8O/c12-8-3-6-4-14(5-15)2-1-7(6)10(13)9(8)11(16)17;1-7-2-3-8-4-5-10-9(8)6-7/h3,5H,1-2,4H2,(H,16,17);2-6H,1H3. The van der Waals surface area contributed by atoms with Crippen molar-refractivity contribution in [3.8, 4) is 0 Å². The minimum absolute atomic E-state index is 0.0633. The van der Waals surface area contributed by atoms with Gasteiger partial charge in [-0.25, -0.2) is 4.79 Å². The summed E-state index contributed by atoms with van der Waals surface area (Å²) < 4.78 is 5.20. The van der Waals surface area contributed by atoms with Gasteiger partial charge in [0, 0.05) is 18.5 Å². The highest BCUT2D eigenvalue weighted by Gasteiger charge is 2.24. The first-order valence-electron chi connectivity index (χ1n) is 8.27. The summed E-state index contributed by atoms with van der Waals surface area (Å²) in [5.74, 6) is -1.14. The maximum Gasteiger partial charge on any atom is 0.338 e. The zero-order valence-corrected chi connectivity index (χ0v) is 16.0. The molecule has 4 rings (SSSR count). The molecule has 0 saturated carbocycles. The van der Waals surface area contributed by atoms with Crippen molar-refractivity contribution in [1.29, 1.82) is 0 Å². The quantitative estimate of drug-likeness (QED) is 0.612. The van der Waals surface area contributed by atoms with Gasteiger partial charge in [0.15, 0.2) is 0 Å². The van der Waals surface area contributed by atoms with Crippen molar-refractivity contribution in [2.75, 3.05) is 6.54 Å². The Balaban J connectivity index is 0.000000177. The van der Waals surface area contributed by atoms with Crippen LogP contribution in [0, 0.1) is 6.92 Å². The third-order valence-electron chi connectivity index (χ3n) is 4.41. The number of rotatable bonds is 2. The van der Waals surface area contributed by atoms with Gasteiger partial charge in [-0.15, -0.1) is 0 Å². The first kappa shape index (κ1) is 19.3. The van der Waals surface area contributed by atoms with Crippen LogP contribution in [0.2, 0.25) is 10.0 Å². The van der Waals surface area contributed by atoms with Crippen LogP contribution in [0.15, 0.2) is 41.0 Å². The first-order chi connectivity index (χ1) is 12.9. The highest BCUT2D eigenvalue weighted by atomic mass is 35.5. The number of carboxylic acids is 1.